The number of carbonyl (C=O) groups is 3. The Kier molecular flexibility index (Phi) is 6.44. The predicted molar refractivity (Wildman–Crippen MR) is 140 cm³/mol. The third-order valence-electron chi connectivity index (χ3n) is 7.46. The Morgan fingerprint density at radius 3 is 2.32 bits per heavy atom. The quantitative estimate of drug-likeness (QED) is 0.413. The van der Waals surface area contributed by atoms with Gasteiger partial charge in [-0.3, -0.25) is 9.59 Å². The molecule has 1 aliphatic carbocycles. The van der Waals surface area contributed by atoms with Crippen molar-refractivity contribution in [2.75, 3.05) is 21.3 Å². The van der Waals surface area contributed by atoms with Crippen LogP contribution in [0.2, 0.25) is 10.0 Å². The zero-order valence-corrected chi connectivity index (χ0v) is 22.9. The molecule has 0 saturated heterocycles. The number of dihydropyridines is 1. The number of fused-ring (bicyclic) bond motifs is 1. The van der Waals surface area contributed by atoms with Crippen LogP contribution in [0, 0.1) is 5.92 Å². The van der Waals surface area contributed by atoms with Gasteiger partial charge in [-0.15, -0.1) is 0 Å². The predicted octanol–water partition coefficient (Wildman–Crippen LogP) is 5.02. The number of benzene rings is 2. The van der Waals surface area contributed by atoms with Crippen LogP contribution in [-0.2, 0) is 14.3 Å². The van der Waals surface area contributed by atoms with E-state index in [9.17, 15) is 14.4 Å². The van der Waals surface area contributed by atoms with Crippen molar-refractivity contribution in [2.24, 2.45) is 5.92 Å². The summed E-state index contributed by atoms with van der Waals surface area (Å²) in [5.74, 6) is -2.66. The lowest BCUT2D eigenvalue weighted by molar-refractivity contribution is -0.136. The van der Waals surface area contributed by atoms with Crippen LogP contribution in [0.1, 0.15) is 42.1 Å². The fraction of sp³-hybridized carbons (Fsp3) is 0.321. The Morgan fingerprint density at radius 1 is 1.05 bits per heavy atom. The van der Waals surface area contributed by atoms with Crippen molar-refractivity contribution in [1.29, 1.82) is 0 Å². The minimum Gasteiger partial charge on any atom is -0.496 e. The number of carbonyl (C=O) groups excluding carboxylic acids is 3. The molecule has 0 amide bonds. The van der Waals surface area contributed by atoms with Gasteiger partial charge in [0.2, 0.25) is 17.2 Å². The van der Waals surface area contributed by atoms with Gasteiger partial charge in [0.05, 0.1) is 26.9 Å². The van der Waals surface area contributed by atoms with Crippen LogP contribution in [0.4, 0.5) is 0 Å². The molecule has 5 rings (SSSR count). The van der Waals surface area contributed by atoms with Crippen LogP contribution in [-0.4, -0.2) is 44.5 Å². The molecule has 198 valence electrons. The standard InChI is InChI=1S/C28H25Cl2NO7/c1-12-10-16-21(20(14-6-8-15(29)9-7-14)19(13(2)31-16)27(34)37-5)25(32)28(12)26(33)22-17(35-3)11-18(36-4)23(30)24(22)38-28/h6-9,11-12,20,31H,10H2,1-5H3/t12-,20+,28+/m1/s1. The minimum absolute atomic E-state index is 0.0313. The first-order valence-electron chi connectivity index (χ1n) is 11.9. The number of methoxy groups -OCH3 is 3. The monoisotopic (exact) mass is 557 g/mol. The van der Waals surface area contributed by atoms with Gasteiger partial charge in [-0.1, -0.05) is 42.3 Å². The van der Waals surface area contributed by atoms with Crippen LogP contribution < -0.4 is 19.5 Å². The maximum Gasteiger partial charge on any atom is 0.336 e. The number of halogens is 2. The summed E-state index contributed by atoms with van der Waals surface area (Å²) in [5, 5.41) is 3.79. The van der Waals surface area contributed by atoms with Gasteiger partial charge >= 0.3 is 5.97 Å². The van der Waals surface area contributed by atoms with E-state index in [-0.39, 0.29) is 39.0 Å². The molecule has 0 saturated carbocycles. The molecule has 2 aliphatic heterocycles. The first-order valence-corrected chi connectivity index (χ1v) is 12.6. The van der Waals surface area contributed by atoms with Gasteiger partial charge < -0.3 is 24.3 Å². The molecule has 2 heterocycles. The molecule has 3 aliphatic rings. The highest BCUT2D eigenvalue weighted by atomic mass is 35.5. The van der Waals surface area contributed by atoms with E-state index >= 15 is 0 Å². The molecule has 0 fully saturated rings. The summed E-state index contributed by atoms with van der Waals surface area (Å²) >= 11 is 12.7. The number of rotatable bonds is 4. The molecule has 38 heavy (non-hydrogen) atoms. The molecular weight excluding hydrogens is 533 g/mol. The van der Waals surface area contributed by atoms with Gasteiger partial charge in [0.1, 0.15) is 22.1 Å². The summed E-state index contributed by atoms with van der Waals surface area (Å²) in [7, 11) is 4.11. The van der Waals surface area contributed by atoms with Crippen molar-refractivity contribution in [3.63, 3.8) is 0 Å². The number of ketones is 2. The number of esters is 1. The SMILES string of the molecule is COC(=O)C1=C(C)NC2=C(C(=O)[C@@]3(Oc4c(Cl)c(OC)cc(OC)c4C3=O)[C@H](C)C2)[C@H]1c1ccc(Cl)cc1. The lowest BCUT2D eigenvalue weighted by atomic mass is 9.65. The van der Waals surface area contributed by atoms with E-state index in [1.54, 1.807) is 38.1 Å². The number of hydrogen-bond acceptors (Lipinski definition) is 8. The van der Waals surface area contributed by atoms with Gasteiger partial charge in [-0.25, -0.2) is 4.79 Å². The van der Waals surface area contributed by atoms with E-state index in [1.807, 2.05) is 0 Å². The number of nitrogens with one attached hydrogen (secondary N) is 1. The molecule has 0 radical (unpaired) electrons. The first kappa shape index (κ1) is 26.1. The van der Waals surface area contributed by atoms with E-state index in [1.165, 1.54) is 27.4 Å². The summed E-state index contributed by atoms with van der Waals surface area (Å²) in [6, 6.07) is 8.34. The maximum absolute atomic E-state index is 14.6. The third kappa shape index (κ3) is 3.54. The molecule has 8 nitrogen and oxygen atoms in total. The van der Waals surface area contributed by atoms with Crippen LogP contribution in [0.25, 0.3) is 0 Å². The van der Waals surface area contributed by atoms with Crippen molar-refractivity contribution < 1.29 is 33.3 Å². The van der Waals surface area contributed by atoms with Gasteiger partial charge in [-0.05, 0) is 31.0 Å². The summed E-state index contributed by atoms with van der Waals surface area (Å²) in [6.45, 7) is 3.53. The average molecular weight is 558 g/mol. The first-order chi connectivity index (χ1) is 18.1. The second-order valence-corrected chi connectivity index (χ2v) is 10.2. The summed E-state index contributed by atoms with van der Waals surface area (Å²) in [4.78, 5) is 41.7. The van der Waals surface area contributed by atoms with E-state index in [0.29, 0.717) is 28.4 Å². The van der Waals surface area contributed by atoms with E-state index in [0.717, 1.165) is 0 Å². The summed E-state index contributed by atoms with van der Waals surface area (Å²) in [5.41, 5.74) is 0.481. The van der Waals surface area contributed by atoms with Crippen LogP contribution >= 0.6 is 23.2 Å². The molecule has 2 aromatic carbocycles. The van der Waals surface area contributed by atoms with Gasteiger partial charge in [0.15, 0.2) is 5.75 Å². The largest absolute Gasteiger partial charge is 0.496 e. The second-order valence-electron chi connectivity index (χ2n) is 9.43. The van der Waals surface area contributed by atoms with Crippen LogP contribution in [0.5, 0.6) is 17.2 Å². The highest BCUT2D eigenvalue weighted by Gasteiger charge is 2.63. The van der Waals surface area contributed by atoms with Gasteiger partial charge in [0, 0.05) is 39.9 Å². The Balaban J connectivity index is 1.71. The molecule has 0 unspecified atom stereocenters. The Hall–Kier alpha value is -3.49. The second kappa shape index (κ2) is 9.36. The van der Waals surface area contributed by atoms with Crippen molar-refractivity contribution in [3.05, 3.63) is 74.0 Å². The lowest BCUT2D eigenvalue weighted by Gasteiger charge is -2.42. The molecule has 1 spiro atoms. The van der Waals surface area contributed by atoms with E-state index in [4.69, 9.17) is 42.1 Å². The third-order valence-corrected chi connectivity index (χ3v) is 8.07. The zero-order chi connectivity index (χ0) is 27.5. The molecular formula is C28H25Cl2NO7. The summed E-state index contributed by atoms with van der Waals surface area (Å²) in [6.07, 6.45) is 0.299. The van der Waals surface area contributed by atoms with Crippen LogP contribution in [0.3, 0.4) is 0 Å². The Morgan fingerprint density at radius 2 is 1.71 bits per heavy atom. The van der Waals surface area contributed by atoms with E-state index < -0.39 is 35.0 Å². The number of Topliss-reactive ketones (excluding diaryl/α,β-unsaturated/α-hetero) is 2. The number of allylic oxidation sites excluding steroid dienone is 2. The van der Waals surface area contributed by atoms with Gasteiger partial charge in [-0.2, -0.15) is 0 Å². The molecule has 0 bridgehead atoms. The smallest absolute Gasteiger partial charge is 0.336 e. The molecule has 1 N–H and O–H groups in total. The normalized spacial score (nSPS) is 24.1. The molecule has 0 aromatic heterocycles. The minimum atomic E-state index is -1.91. The highest BCUT2D eigenvalue weighted by Crippen LogP contribution is 2.56. The van der Waals surface area contributed by atoms with Crippen LogP contribution in [0.15, 0.2) is 52.9 Å². The topological polar surface area (TPSA) is 100 Å². The van der Waals surface area contributed by atoms with E-state index in [2.05, 4.69) is 5.32 Å². The van der Waals surface area contributed by atoms with Crippen molar-refractivity contribution >= 4 is 40.7 Å². The molecule has 3 atom stereocenters. The maximum atomic E-state index is 14.6. The highest BCUT2D eigenvalue weighted by molar-refractivity contribution is 6.36. The fourth-order valence-electron chi connectivity index (χ4n) is 5.64. The number of ether oxygens (including phenoxy) is 4. The lowest BCUT2D eigenvalue weighted by Crippen LogP contribution is -2.58. The fourth-order valence-corrected chi connectivity index (χ4v) is 6.03. The number of hydrogen-bond donors (Lipinski definition) is 1. The zero-order valence-electron chi connectivity index (χ0n) is 21.4. The molecule has 10 heteroatoms. The van der Waals surface area contributed by atoms with Crippen molar-refractivity contribution in [3.8, 4) is 17.2 Å². The summed E-state index contributed by atoms with van der Waals surface area (Å²) < 4.78 is 22.2. The average Bonchev–Trinajstić information content (AvgIpc) is 3.22. The van der Waals surface area contributed by atoms with Crippen molar-refractivity contribution in [2.45, 2.75) is 31.8 Å². The molecule has 2 aromatic rings. The Bertz CT molecular complexity index is 1460. The Labute approximate surface area is 229 Å². The van der Waals surface area contributed by atoms with Crippen molar-refractivity contribution in [1.82, 2.24) is 5.32 Å². The van der Waals surface area contributed by atoms with Gasteiger partial charge in [0.25, 0.3) is 0 Å².